The zero-order valence-corrected chi connectivity index (χ0v) is 15.1. The summed E-state index contributed by atoms with van der Waals surface area (Å²) >= 11 is 0. The molecule has 0 spiro atoms. The van der Waals surface area contributed by atoms with Gasteiger partial charge in [-0.3, -0.25) is 14.6 Å². The third-order valence-electron chi connectivity index (χ3n) is 4.25. The molecule has 136 valence electrons. The molecule has 2 aromatic carbocycles. The van der Waals surface area contributed by atoms with Crippen LogP contribution >= 0.6 is 0 Å². The average molecular weight is 359 g/mol. The van der Waals surface area contributed by atoms with Crippen molar-refractivity contribution in [3.63, 3.8) is 0 Å². The van der Waals surface area contributed by atoms with Crippen LogP contribution in [0, 0.1) is 0 Å². The number of hydrogen-bond donors (Lipinski definition) is 2. The first-order valence-electron chi connectivity index (χ1n) is 8.76. The molecule has 1 aromatic heterocycles. The molecule has 0 bridgehead atoms. The highest BCUT2D eigenvalue weighted by Gasteiger charge is 2.11. The highest BCUT2D eigenvalue weighted by Crippen LogP contribution is 2.19. The number of aromatic nitrogens is 1. The number of hydrogen-bond acceptors (Lipinski definition) is 3. The van der Waals surface area contributed by atoms with Gasteiger partial charge < -0.3 is 10.6 Å². The normalized spacial score (nSPS) is 11.4. The molecule has 0 aliphatic rings. The minimum absolute atomic E-state index is 0.0747. The lowest BCUT2D eigenvalue weighted by Crippen LogP contribution is -2.38. The van der Waals surface area contributed by atoms with Gasteiger partial charge >= 0.3 is 0 Å². The van der Waals surface area contributed by atoms with Gasteiger partial charge in [0.2, 0.25) is 5.91 Å². The number of rotatable bonds is 6. The first kappa shape index (κ1) is 18.3. The SMILES string of the molecule is CC(NC(=O)CNC(=O)c1ccc(-c2ccccc2)cc1)c1ccncc1. The molecule has 0 aliphatic carbocycles. The molecule has 5 nitrogen and oxygen atoms in total. The molecular formula is C22H21N3O2. The molecule has 0 aliphatic heterocycles. The molecule has 1 heterocycles. The molecule has 0 fully saturated rings. The Morgan fingerprint density at radius 1 is 0.889 bits per heavy atom. The summed E-state index contributed by atoms with van der Waals surface area (Å²) in [6.07, 6.45) is 3.36. The van der Waals surface area contributed by atoms with Gasteiger partial charge in [-0.1, -0.05) is 42.5 Å². The van der Waals surface area contributed by atoms with Gasteiger partial charge in [-0.05, 0) is 47.9 Å². The summed E-state index contributed by atoms with van der Waals surface area (Å²) in [4.78, 5) is 28.3. The molecule has 1 atom stereocenters. The number of benzene rings is 2. The average Bonchev–Trinajstić information content (AvgIpc) is 2.73. The molecule has 0 saturated heterocycles. The maximum absolute atomic E-state index is 12.3. The second-order valence-electron chi connectivity index (χ2n) is 6.20. The van der Waals surface area contributed by atoms with Crippen LogP contribution in [0.2, 0.25) is 0 Å². The number of pyridine rings is 1. The standard InChI is InChI=1S/C22H21N3O2/c1-16(17-11-13-23-14-12-17)25-21(26)15-24-22(27)20-9-7-19(8-10-20)18-5-3-2-4-6-18/h2-14,16H,15H2,1H3,(H,24,27)(H,25,26). The molecule has 27 heavy (non-hydrogen) atoms. The Balaban J connectivity index is 1.52. The Bertz CT molecular complexity index is 894. The fraction of sp³-hybridized carbons (Fsp3) is 0.136. The molecule has 2 amide bonds. The quantitative estimate of drug-likeness (QED) is 0.709. The number of carbonyl (C=O) groups is 2. The summed E-state index contributed by atoms with van der Waals surface area (Å²) in [5.74, 6) is -0.519. The first-order valence-corrected chi connectivity index (χ1v) is 8.76. The molecule has 0 radical (unpaired) electrons. The molecule has 5 heteroatoms. The topological polar surface area (TPSA) is 71.1 Å². The Morgan fingerprint density at radius 3 is 2.19 bits per heavy atom. The van der Waals surface area contributed by atoms with Gasteiger partial charge in [0.05, 0.1) is 12.6 Å². The van der Waals surface area contributed by atoms with E-state index in [1.54, 1.807) is 24.5 Å². The third-order valence-corrected chi connectivity index (χ3v) is 4.25. The minimum Gasteiger partial charge on any atom is -0.348 e. The highest BCUT2D eigenvalue weighted by atomic mass is 16.2. The predicted octanol–water partition coefficient (Wildman–Crippen LogP) is 3.36. The lowest BCUT2D eigenvalue weighted by Gasteiger charge is -2.14. The lowest BCUT2D eigenvalue weighted by molar-refractivity contribution is -0.120. The Hall–Kier alpha value is -3.47. The van der Waals surface area contributed by atoms with Crippen LogP contribution in [-0.4, -0.2) is 23.3 Å². The molecule has 3 aromatic rings. The van der Waals surface area contributed by atoms with Crippen molar-refractivity contribution in [2.45, 2.75) is 13.0 Å². The number of nitrogens with one attached hydrogen (secondary N) is 2. The van der Waals surface area contributed by atoms with E-state index < -0.39 is 0 Å². The van der Waals surface area contributed by atoms with E-state index in [0.717, 1.165) is 16.7 Å². The third kappa shape index (κ3) is 5.01. The van der Waals surface area contributed by atoms with Crippen molar-refractivity contribution in [3.05, 3.63) is 90.3 Å². The lowest BCUT2D eigenvalue weighted by atomic mass is 10.0. The van der Waals surface area contributed by atoms with E-state index in [0.29, 0.717) is 5.56 Å². The van der Waals surface area contributed by atoms with Crippen molar-refractivity contribution in [1.82, 2.24) is 15.6 Å². The second-order valence-corrected chi connectivity index (χ2v) is 6.20. The van der Waals surface area contributed by atoms with Gasteiger partial charge in [0.15, 0.2) is 0 Å². The molecular weight excluding hydrogens is 338 g/mol. The van der Waals surface area contributed by atoms with E-state index in [1.807, 2.05) is 61.5 Å². The van der Waals surface area contributed by atoms with Gasteiger partial charge in [-0.25, -0.2) is 0 Å². The molecule has 3 rings (SSSR count). The van der Waals surface area contributed by atoms with E-state index in [2.05, 4.69) is 15.6 Å². The monoisotopic (exact) mass is 359 g/mol. The van der Waals surface area contributed by atoms with Crippen LogP contribution in [0.4, 0.5) is 0 Å². The Labute approximate surface area is 158 Å². The largest absolute Gasteiger partial charge is 0.348 e. The summed E-state index contributed by atoms with van der Waals surface area (Å²) in [5.41, 5.74) is 3.61. The van der Waals surface area contributed by atoms with Crippen molar-refractivity contribution < 1.29 is 9.59 Å². The van der Waals surface area contributed by atoms with Crippen LogP contribution in [0.3, 0.4) is 0 Å². The maximum Gasteiger partial charge on any atom is 0.251 e. The summed E-state index contributed by atoms with van der Waals surface area (Å²) in [5, 5.41) is 5.50. The van der Waals surface area contributed by atoms with Crippen molar-refractivity contribution in [2.24, 2.45) is 0 Å². The van der Waals surface area contributed by atoms with Crippen molar-refractivity contribution in [3.8, 4) is 11.1 Å². The zero-order chi connectivity index (χ0) is 19.1. The summed E-state index contributed by atoms with van der Waals surface area (Å²) in [6, 6.07) is 20.8. The van der Waals surface area contributed by atoms with Crippen LogP contribution in [0.15, 0.2) is 79.1 Å². The van der Waals surface area contributed by atoms with Gasteiger partial charge in [-0.15, -0.1) is 0 Å². The second kappa shape index (κ2) is 8.76. The van der Waals surface area contributed by atoms with Gasteiger partial charge in [0.25, 0.3) is 5.91 Å². The van der Waals surface area contributed by atoms with Crippen LogP contribution in [-0.2, 0) is 4.79 Å². The van der Waals surface area contributed by atoms with Crippen molar-refractivity contribution in [2.75, 3.05) is 6.54 Å². The number of nitrogens with zero attached hydrogens (tertiary/aromatic N) is 1. The summed E-state index contributed by atoms with van der Waals surface area (Å²) < 4.78 is 0. The van der Waals surface area contributed by atoms with Crippen LogP contribution < -0.4 is 10.6 Å². The van der Waals surface area contributed by atoms with E-state index >= 15 is 0 Å². The number of carbonyl (C=O) groups excluding carboxylic acids is 2. The van der Waals surface area contributed by atoms with E-state index in [9.17, 15) is 9.59 Å². The van der Waals surface area contributed by atoms with E-state index in [4.69, 9.17) is 0 Å². The van der Waals surface area contributed by atoms with E-state index in [1.165, 1.54) is 0 Å². The van der Waals surface area contributed by atoms with Crippen LogP contribution in [0.25, 0.3) is 11.1 Å². The first-order chi connectivity index (χ1) is 13.1. The summed E-state index contributed by atoms with van der Waals surface area (Å²) in [7, 11) is 0. The van der Waals surface area contributed by atoms with Gasteiger partial charge in [0, 0.05) is 18.0 Å². The predicted molar refractivity (Wildman–Crippen MR) is 105 cm³/mol. The summed E-state index contributed by atoms with van der Waals surface area (Å²) in [6.45, 7) is 1.81. The zero-order valence-electron chi connectivity index (χ0n) is 15.1. The van der Waals surface area contributed by atoms with Crippen LogP contribution in [0.5, 0.6) is 0 Å². The minimum atomic E-state index is -0.277. The molecule has 0 saturated carbocycles. The van der Waals surface area contributed by atoms with Crippen LogP contribution in [0.1, 0.15) is 28.9 Å². The Kier molecular flexibility index (Phi) is 5.94. The number of amides is 2. The Morgan fingerprint density at radius 2 is 1.52 bits per heavy atom. The fourth-order valence-electron chi connectivity index (χ4n) is 2.74. The van der Waals surface area contributed by atoms with Crippen molar-refractivity contribution >= 4 is 11.8 Å². The van der Waals surface area contributed by atoms with E-state index in [-0.39, 0.29) is 24.4 Å². The van der Waals surface area contributed by atoms with Crippen molar-refractivity contribution in [1.29, 1.82) is 0 Å². The van der Waals surface area contributed by atoms with Gasteiger partial charge in [0.1, 0.15) is 0 Å². The molecule has 1 unspecified atom stereocenters. The van der Waals surface area contributed by atoms with Gasteiger partial charge in [-0.2, -0.15) is 0 Å². The highest BCUT2D eigenvalue weighted by molar-refractivity contribution is 5.96. The smallest absolute Gasteiger partial charge is 0.251 e. The molecule has 2 N–H and O–H groups in total. The fourth-order valence-corrected chi connectivity index (χ4v) is 2.74. The maximum atomic E-state index is 12.3.